The Hall–Kier alpha value is -2.23. The quantitative estimate of drug-likeness (QED) is 0.661. The first-order valence-electron chi connectivity index (χ1n) is 5.72. The van der Waals surface area contributed by atoms with Gasteiger partial charge in [0.25, 0.3) is 0 Å². The van der Waals surface area contributed by atoms with Crippen LogP contribution in [0.3, 0.4) is 0 Å². The summed E-state index contributed by atoms with van der Waals surface area (Å²) in [7, 11) is 3.16. The molecule has 19 heavy (non-hydrogen) atoms. The highest BCUT2D eigenvalue weighted by atomic mass is 16.4. The number of carboxylic acid groups (broad SMARTS) is 1. The van der Waals surface area contributed by atoms with Crippen molar-refractivity contribution in [2.24, 2.45) is 0 Å². The first-order chi connectivity index (χ1) is 8.83. The lowest BCUT2D eigenvalue weighted by Crippen LogP contribution is -2.48. The molecule has 0 aromatic carbocycles. The highest BCUT2D eigenvalue weighted by Gasteiger charge is 2.23. The zero-order valence-corrected chi connectivity index (χ0v) is 11.4. The molecule has 7 heteroatoms. The second-order valence-electron chi connectivity index (χ2n) is 4.04. The molecule has 0 radical (unpaired) electrons. The van der Waals surface area contributed by atoms with Crippen LogP contribution in [-0.2, 0) is 9.59 Å². The zero-order valence-electron chi connectivity index (χ0n) is 11.4. The van der Waals surface area contributed by atoms with Crippen molar-refractivity contribution in [2.75, 3.05) is 40.3 Å². The Morgan fingerprint density at radius 2 is 1.74 bits per heavy atom. The average Bonchev–Trinajstić information content (AvgIpc) is 2.33. The van der Waals surface area contributed by atoms with Crippen molar-refractivity contribution in [3.05, 3.63) is 0 Å². The summed E-state index contributed by atoms with van der Waals surface area (Å²) in [5, 5.41) is 8.73. The van der Waals surface area contributed by atoms with E-state index in [0.717, 1.165) is 4.90 Å². The SMILES string of the molecule is C#CCN(CC(=O)O)C(=O)N(CC)CC(=O)N(C)C. The van der Waals surface area contributed by atoms with Crippen LogP contribution in [0.2, 0.25) is 0 Å². The molecular weight excluding hydrogens is 250 g/mol. The lowest BCUT2D eigenvalue weighted by Gasteiger charge is -2.28. The summed E-state index contributed by atoms with van der Waals surface area (Å²) in [6.45, 7) is 1.28. The average molecular weight is 269 g/mol. The minimum absolute atomic E-state index is 0.108. The molecule has 0 saturated carbocycles. The molecule has 3 amide bonds. The third kappa shape index (κ3) is 5.77. The van der Waals surface area contributed by atoms with Gasteiger partial charge in [-0.2, -0.15) is 0 Å². The highest BCUT2D eigenvalue weighted by Crippen LogP contribution is 2.00. The van der Waals surface area contributed by atoms with E-state index in [-0.39, 0.29) is 19.0 Å². The van der Waals surface area contributed by atoms with Crippen LogP contribution in [0.15, 0.2) is 0 Å². The summed E-state index contributed by atoms with van der Waals surface area (Å²) in [6.07, 6.45) is 5.10. The number of carbonyl (C=O) groups is 3. The molecule has 0 heterocycles. The fourth-order valence-electron chi connectivity index (χ4n) is 1.28. The van der Waals surface area contributed by atoms with Crippen LogP contribution in [0.5, 0.6) is 0 Å². The van der Waals surface area contributed by atoms with Crippen molar-refractivity contribution in [3.63, 3.8) is 0 Å². The molecule has 0 aromatic heterocycles. The van der Waals surface area contributed by atoms with Crippen molar-refractivity contribution < 1.29 is 19.5 Å². The third-order valence-electron chi connectivity index (χ3n) is 2.36. The largest absolute Gasteiger partial charge is 0.480 e. The predicted octanol–water partition coefficient (Wildman–Crippen LogP) is -0.464. The van der Waals surface area contributed by atoms with Crippen LogP contribution in [0.25, 0.3) is 0 Å². The molecule has 7 nitrogen and oxygen atoms in total. The van der Waals surface area contributed by atoms with Crippen LogP contribution in [0.1, 0.15) is 6.92 Å². The summed E-state index contributed by atoms with van der Waals surface area (Å²) < 4.78 is 0. The van der Waals surface area contributed by atoms with Gasteiger partial charge in [0.15, 0.2) is 0 Å². The molecule has 0 atom stereocenters. The van der Waals surface area contributed by atoms with E-state index in [9.17, 15) is 14.4 Å². The molecule has 0 aliphatic heterocycles. The number of nitrogens with zero attached hydrogens (tertiary/aromatic N) is 3. The molecule has 0 rings (SSSR count). The Kier molecular flexibility index (Phi) is 7.04. The Morgan fingerprint density at radius 1 is 1.16 bits per heavy atom. The summed E-state index contributed by atoms with van der Waals surface area (Å²) in [4.78, 5) is 38.0. The summed E-state index contributed by atoms with van der Waals surface area (Å²) in [5.41, 5.74) is 0. The maximum Gasteiger partial charge on any atom is 0.323 e. The Labute approximate surface area is 112 Å². The van der Waals surface area contributed by atoms with E-state index in [1.54, 1.807) is 21.0 Å². The molecule has 0 unspecified atom stereocenters. The van der Waals surface area contributed by atoms with Gasteiger partial charge in [-0.15, -0.1) is 6.42 Å². The lowest BCUT2D eigenvalue weighted by molar-refractivity contribution is -0.137. The monoisotopic (exact) mass is 269 g/mol. The van der Waals surface area contributed by atoms with E-state index in [2.05, 4.69) is 5.92 Å². The normalized spacial score (nSPS) is 9.37. The molecule has 0 spiro atoms. The lowest BCUT2D eigenvalue weighted by atomic mass is 10.4. The number of amides is 3. The number of terminal acetylenes is 1. The minimum atomic E-state index is -1.15. The predicted molar refractivity (Wildman–Crippen MR) is 69.4 cm³/mol. The minimum Gasteiger partial charge on any atom is -0.480 e. The van der Waals surface area contributed by atoms with Gasteiger partial charge >= 0.3 is 12.0 Å². The number of rotatable bonds is 6. The van der Waals surface area contributed by atoms with Crippen LogP contribution < -0.4 is 0 Å². The van der Waals surface area contributed by atoms with Crippen molar-refractivity contribution in [1.29, 1.82) is 0 Å². The molecule has 0 aliphatic rings. The van der Waals surface area contributed by atoms with Gasteiger partial charge in [-0.1, -0.05) is 5.92 Å². The highest BCUT2D eigenvalue weighted by molar-refractivity contribution is 5.85. The summed E-state index contributed by atoms with van der Waals surface area (Å²) in [6, 6.07) is -0.557. The molecule has 0 fully saturated rings. The second kappa shape index (κ2) is 7.97. The van der Waals surface area contributed by atoms with Gasteiger partial charge < -0.3 is 19.8 Å². The van der Waals surface area contributed by atoms with Gasteiger partial charge in [0.05, 0.1) is 6.54 Å². The maximum absolute atomic E-state index is 12.1. The molecule has 0 aromatic rings. The zero-order chi connectivity index (χ0) is 15.0. The fraction of sp³-hybridized carbons (Fsp3) is 0.583. The van der Waals surface area contributed by atoms with Crippen LogP contribution in [0.4, 0.5) is 4.79 Å². The van der Waals surface area contributed by atoms with Crippen molar-refractivity contribution in [2.45, 2.75) is 6.92 Å². The first-order valence-corrected chi connectivity index (χ1v) is 5.72. The number of aliphatic carboxylic acids is 1. The number of likely N-dealkylation sites (N-methyl/N-ethyl adjacent to an activating group) is 2. The van der Waals surface area contributed by atoms with Crippen molar-refractivity contribution >= 4 is 17.9 Å². The molecule has 1 N–H and O–H groups in total. The smallest absolute Gasteiger partial charge is 0.323 e. The summed E-state index contributed by atoms with van der Waals surface area (Å²) >= 11 is 0. The Bertz CT molecular complexity index is 387. The van der Waals surface area contributed by atoms with Gasteiger partial charge in [0.2, 0.25) is 5.91 Å². The van der Waals surface area contributed by atoms with E-state index < -0.39 is 18.5 Å². The van der Waals surface area contributed by atoms with E-state index in [1.165, 1.54) is 9.80 Å². The van der Waals surface area contributed by atoms with Crippen LogP contribution in [-0.4, -0.2) is 78.0 Å². The van der Waals surface area contributed by atoms with Crippen molar-refractivity contribution in [3.8, 4) is 12.3 Å². The number of hydrogen-bond acceptors (Lipinski definition) is 3. The topological polar surface area (TPSA) is 81.2 Å². The second-order valence-corrected chi connectivity index (χ2v) is 4.04. The molecule has 0 saturated heterocycles. The van der Waals surface area contributed by atoms with Gasteiger partial charge in [-0.25, -0.2) is 4.79 Å². The van der Waals surface area contributed by atoms with Gasteiger partial charge in [0, 0.05) is 20.6 Å². The Balaban J connectivity index is 4.82. The molecule has 106 valence electrons. The van der Waals surface area contributed by atoms with Crippen LogP contribution >= 0.6 is 0 Å². The number of hydrogen-bond donors (Lipinski definition) is 1. The number of carboxylic acids is 1. The van der Waals surface area contributed by atoms with Gasteiger partial charge in [0.1, 0.15) is 13.1 Å². The molecular formula is C12H19N3O4. The first kappa shape index (κ1) is 16.8. The maximum atomic E-state index is 12.1. The fourth-order valence-corrected chi connectivity index (χ4v) is 1.28. The Morgan fingerprint density at radius 3 is 2.11 bits per heavy atom. The number of carbonyl (C=O) groups excluding carboxylic acids is 2. The van der Waals surface area contributed by atoms with E-state index in [4.69, 9.17) is 11.5 Å². The van der Waals surface area contributed by atoms with E-state index in [1.807, 2.05) is 0 Å². The molecule has 0 bridgehead atoms. The van der Waals surface area contributed by atoms with Crippen LogP contribution in [0, 0.1) is 12.3 Å². The van der Waals surface area contributed by atoms with Crippen molar-refractivity contribution in [1.82, 2.24) is 14.7 Å². The van der Waals surface area contributed by atoms with E-state index >= 15 is 0 Å². The third-order valence-corrected chi connectivity index (χ3v) is 2.36. The molecule has 0 aliphatic carbocycles. The standard InChI is InChI=1S/C12H19N3O4/c1-5-7-15(9-11(17)18)12(19)14(6-2)8-10(16)13(3)4/h1H,6-9H2,2-4H3,(H,17,18). The van der Waals surface area contributed by atoms with Gasteiger partial charge in [-0.05, 0) is 6.92 Å². The van der Waals surface area contributed by atoms with Gasteiger partial charge in [-0.3, -0.25) is 9.59 Å². The van der Waals surface area contributed by atoms with E-state index in [0.29, 0.717) is 6.54 Å². The summed E-state index contributed by atoms with van der Waals surface area (Å²) in [5.74, 6) is 0.831. The number of urea groups is 1.